The predicted octanol–water partition coefficient (Wildman–Crippen LogP) is 4.49. The normalized spacial score (nSPS) is 16.2. The lowest BCUT2D eigenvalue weighted by Crippen LogP contribution is -2.38. The zero-order valence-electron chi connectivity index (χ0n) is 19.9. The maximum absolute atomic E-state index is 13.8. The summed E-state index contributed by atoms with van der Waals surface area (Å²) in [6.45, 7) is 0. The second-order valence-electron chi connectivity index (χ2n) is 9.06. The zero-order valence-corrected chi connectivity index (χ0v) is 21.5. The summed E-state index contributed by atoms with van der Waals surface area (Å²) in [6, 6.07) is 16.7. The van der Waals surface area contributed by atoms with Gasteiger partial charge in [-0.2, -0.15) is 0 Å². The van der Waals surface area contributed by atoms with Crippen LogP contribution in [0.15, 0.2) is 76.0 Å². The van der Waals surface area contributed by atoms with Gasteiger partial charge in [-0.15, -0.1) is 0 Å². The molecule has 0 spiro atoms. The summed E-state index contributed by atoms with van der Waals surface area (Å²) in [7, 11) is 0. The average molecular weight is 561 g/mol. The monoisotopic (exact) mass is 560 g/mol. The number of aromatic nitrogens is 1. The van der Waals surface area contributed by atoms with Crippen LogP contribution in [0, 0.1) is 20.2 Å². The minimum Gasteiger partial charge on any atom is -0.497 e. The third kappa shape index (κ3) is 4.03. The first-order chi connectivity index (χ1) is 18.7. The van der Waals surface area contributed by atoms with E-state index in [2.05, 4.69) is 6.07 Å². The van der Waals surface area contributed by atoms with Crippen molar-refractivity contribution in [1.82, 2.24) is 4.57 Å². The number of benzene rings is 3. The van der Waals surface area contributed by atoms with Crippen LogP contribution in [0.3, 0.4) is 0 Å². The second kappa shape index (κ2) is 9.29. The molecular weight excluding hydrogens is 544 g/mol. The van der Waals surface area contributed by atoms with Crippen LogP contribution >= 0.6 is 22.9 Å². The van der Waals surface area contributed by atoms with E-state index in [1.807, 2.05) is 36.4 Å². The summed E-state index contributed by atoms with van der Waals surface area (Å²) in [5.41, 5.74) is 2.58. The maximum Gasteiger partial charge on any atom is 0.318 e. The number of nitrogens with zero attached hydrogens (tertiary/aromatic N) is 4. The largest absolute Gasteiger partial charge is 0.497 e. The molecule has 0 radical (unpaired) electrons. The van der Waals surface area contributed by atoms with E-state index >= 15 is 0 Å². The summed E-state index contributed by atoms with van der Waals surface area (Å²) in [5.74, 6) is -1.05. The highest BCUT2D eigenvalue weighted by Gasteiger charge is 2.33. The van der Waals surface area contributed by atoms with Crippen LogP contribution in [0.25, 0.3) is 11.8 Å². The third-order valence-corrected chi connectivity index (χ3v) is 8.18. The Labute approximate surface area is 228 Å². The van der Waals surface area contributed by atoms with Gasteiger partial charge < -0.3 is 5.11 Å². The van der Waals surface area contributed by atoms with E-state index in [1.165, 1.54) is 6.08 Å². The van der Waals surface area contributed by atoms with Crippen LogP contribution in [0.4, 0.5) is 11.4 Å². The number of hydrogen-bond donors (Lipinski definition) is 1. The SMILES string of the molecule is O=c1/c(=C\c2cc([N+](=O)[O-])c(O)c([N+](=O)[O-])c2)sc2n1[C@H](c1ccccc1Cl)C1=C(N=2)c2ccccc2CC1. The molecule has 0 unspecified atom stereocenters. The van der Waals surface area contributed by atoms with Crippen LogP contribution in [-0.2, 0) is 6.42 Å². The highest BCUT2D eigenvalue weighted by atomic mass is 35.5. The Kier molecular flexibility index (Phi) is 5.89. The number of hydrogen-bond acceptors (Lipinski definition) is 8. The van der Waals surface area contributed by atoms with Crippen molar-refractivity contribution in [3.8, 4) is 5.75 Å². The van der Waals surface area contributed by atoms with E-state index in [1.54, 1.807) is 10.6 Å². The van der Waals surface area contributed by atoms with Crippen LogP contribution in [0.5, 0.6) is 5.75 Å². The quantitative estimate of drug-likeness (QED) is 0.288. The molecule has 0 saturated carbocycles. The molecule has 4 aromatic rings. The van der Waals surface area contributed by atoms with Gasteiger partial charge in [-0.05, 0) is 47.2 Å². The van der Waals surface area contributed by atoms with E-state index < -0.39 is 38.6 Å². The van der Waals surface area contributed by atoms with Crippen molar-refractivity contribution in [2.45, 2.75) is 18.9 Å². The Bertz CT molecular complexity index is 1910. The highest BCUT2D eigenvalue weighted by Crippen LogP contribution is 2.43. The van der Waals surface area contributed by atoms with Gasteiger partial charge in [0, 0.05) is 22.7 Å². The molecule has 0 saturated heterocycles. The van der Waals surface area contributed by atoms with Gasteiger partial charge in [0.05, 0.1) is 26.1 Å². The molecule has 1 atom stereocenters. The molecule has 0 amide bonds. The smallest absolute Gasteiger partial charge is 0.318 e. The van der Waals surface area contributed by atoms with Crippen molar-refractivity contribution in [2.24, 2.45) is 4.99 Å². The molecule has 1 aromatic heterocycles. The van der Waals surface area contributed by atoms with Gasteiger partial charge in [0.15, 0.2) is 4.80 Å². The topological polar surface area (TPSA) is 141 Å². The first-order valence-corrected chi connectivity index (χ1v) is 13.0. The molecule has 1 aliphatic heterocycles. The van der Waals surface area contributed by atoms with Gasteiger partial charge in [-0.3, -0.25) is 29.6 Å². The number of halogens is 1. The number of thiazole rings is 1. The summed E-state index contributed by atoms with van der Waals surface area (Å²) < 4.78 is 1.74. The molecule has 10 nitrogen and oxygen atoms in total. The van der Waals surface area contributed by atoms with Crippen molar-refractivity contribution in [1.29, 1.82) is 0 Å². The van der Waals surface area contributed by atoms with Gasteiger partial charge in [-0.25, -0.2) is 4.99 Å². The number of phenols is 1. The van der Waals surface area contributed by atoms with E-state index in [0.717, 1.165) is 57.9 Å². The Morgan fingerprint density at radius 1 is 1.03 bits per heavy atom. The molecule has 194 valence electrons. The van der Waals surface area contributed by atoms with Gasteiger partial charge >= 0.3 is 11.4 Å². The highest BCUT2D eigenvalue weighted by molar-refractivity contribution is 7.07. The molecule has 1 N–H and O–H groups in total. The van der Waals surface area contributed by atoms with Crippen molar-refractivity contribution >= 4 is 46.1 Å². The molecule has 12 heteroatoms. The Morgan fingerprint density at radius 3 is 2.38 bits per heavy atom. The zero-order chi connectivity index (χ0) is 27.4. The molecule has 0 fully saturated rings. The summed E-state index contributed by atoms with van der Waals surface area (Å²) >= 11 is 7.70. The molecule has 2 heterocycles. The Morgan fingerprint density at radius 2 is 1.69 bits per heavy atom. The number of fused-ring (bicyclic) bond motifs is 3. The van der Waals surface area contributed by atoms with E-state index in [4.69, 9.17) is 16.6 Å². The average Bonchev–Trinajstić information content (AvgIpc) is 3.22. The molecular formula is C27H17ClN4O6S. The third-order valence-electron chi connectivity index (χ3n) is 6.86. The number of allylic oxidation sites excluding steroid dienone is 1. The van der Waals surface area contributed by atoms with Crippen LogP contribution < -0.4 is 14.9 Å². The van der Waals surface area contributed by atoms with E-state index in [9.17, 15) is 30.1 Å². The minimum absolute atomic E-state index is 0.0276. The van der Waals surface area contributed by atoms with E-state index in [-0.39, 0.29) is 10.1 Å². The number of nitro groups is 2. The standard InChI is InChI=1S/C27H17ClN4O6S/c28-19-8-4-3-7-17(19)24-18-10-9-15-5-1-2-6-16(15)23(18)29-27-30(24)26(34)22(39-27)13-14-11-20(31(35)36)25(33)21(12-14)32(37)38/h1-8,11-13,24,33H,9-10H2/b22-13+/t24-/m1/s1. The first-order valence-electron chi connectivity index (χ1n) is 11.8. The van der Waals surface area contributed by atoms with Crippen LogP contribution in [-0.4, -0.2) is 19.5 Å². The number of rotatable bonds is 4. The Hall–Kier alpha value is -4.61. The Balaban J connectivity index is 1.63. The summed E-state index contributed by atoms with van der Waals surface area (Å²) in [4.78, 5) is 40.1. The fourth-order valence-electron chi connectivity index (χ4n) is 5.13. The first kappa shape index (κ1) is 24.7. The maximum atomic E-state index is 13.8. The molecule has 39 heavy (non-hydrogen) atoms. The lowest BCUT2D eigenvalue weighted by atomic mass is 9.83. The number of nitro benzene ring substituents is 2. The predicted molar refractivity (Wildman–Crippen MR) is 146 cm³/mol. The van der Waals surface area contributed by atoms with Crippen LogP contribution in [0.2, 0.25) is 5.02 Å². The molecule has 2 aliphatic rings. The van der Waals surface area contributed by atoms with Gasteiger partial charge in [0.2, 0.25) is 0 Å². The van der Waals surface area contributed by atoms with Gasteiger partial charge in [-0.1, -0.05) is 65.4 Å². The minimum atomic E-state index is -1.05. The van der Waals surface area contributed by atoms with Crippen molar-refractivity contribution in [3.63, 3.8) is 0 Å². The fraction of sp³-hybridized carbons (Fsp3) is 0.111. The van der Waals surface area contributed by atoms with E-state index in [0.29, 0.717) is 16.2 Å². The van der Waals surface area contributed by atoms with Crippen LogP contribution in [0.1, 0.15) is 34.7 Å². The molecule has 3 aromatic carbocycles. The van der Waals surface area contributed by atoms with Crippen molar-refractivity contribution < 1.29 is 15.0 Å². The lowest BCUT2D eigenvalue weighted by Gasteiger charge is -2.31. The number of phenolic OH excluding ortho intramolecular Hbond substituents is 1. The second-order valence-corrected chi connectivity index (χ2v) is 10.5. The van der Waals surface area contributed by atoms with Gasteiger partial charge in [0.25, 0.3) is 11.3 Å². The molecule has 1 aliphatic carbocycles. The van der Waals surface area contributed by atoms with Crippen molar-refractivity contribution in [3.05, 3.63) is 133 Å². The number of aryl methyl sites for hydroxylation is 1. The summed E-state index contributed by atoms with van der Waals surface area (Å²) in [5, 5.41) is 33.3. The molecule has 6 rings (SSSR count). The lowest BCUT2D eigenvalue weighted by molar-refractivity contribution is -0.396. The summed E-state index contributed by atoms with van der Waals surface area (Å²) in [6.07, 6.45) is 2.78. The number of aromatic hydroxyl groups is 1. The van der Waals surface area contributed by atoms with Crippen molar-refractivity contribution in [2.75, 3.05) is 0 Å². The fourth-order valence-corrected chi connectivity index (χ4v) is 6.37. The molecule has 0 bridgehead atoms. The van der Waals surface area contributed by atoms with Gasteiger partial charge in [0.1, 0.15) is 0 Å².